The van der Waals surface area contributed by atoms with Crippen LogP contribution in [0.2, 0.25) is 0 Å². The molecule has 19 heavy (non-hydrogen) atoms. The second kappa shape index (κ2) is 8.67. The average Bonchev–Trinajstić information content (AvgIpc) is 2.33. The lowest BCUT2D eigenvalue weighted by Gasteiger charge is -2.14. The zero-order valence-electron chi connectivity index (χ0n) is 10.8. The van der Waals surface area contributed by atoms with Crippen molar-refractivity contribution in [3.8, 4) is 0 Å². The molecule has 9 nitrogen and oxygen atoms in total. The summed E-state index contributed by atoms with van der Waals surface area (Å²) in [5.74, 6) is -1.27. The summed E-state index contributed by atoms with van der Waals surface area (Å²) in [5.41, 5.74) is 0. The van der Waals surface area contributed by atoms with E-state index in [-0.39, 0.29) is 25.3 Å². The molecule has 1 atom stereocenters. The number of urea groups is 1. The lowest BCUT2D eigenvalue weighted by atomic mass is 10.2. The molecule has 0 aliphatic rings. The molecule has 0 saturated carbocycles. The molecule has 0 bridgehead atoms. The summed E-state index contributed by atoms with van der Waals surface area (Å²) in [6.45, 7) is -0.0288. The van der Waals surface area contributed by atoms with Gasteiger partial charge in [0.2, 0.25) is 10.0 Å². The first-order valence-electron chi connectivity index (χ1n) is 5.48. The Morgan fingerprint density at radius 2 is 1.95 bits per heavy atom. The van der Waals surface area contributed by atoms with Gasteiger partial charge in [-0.2, -0.15) is 0 Å². The number of rotatable bonds is 9. The van der Waals surface area contributed by atoms with Gasteiger partial charge in [-0.15, -0.1) is 0 Å². The van der Waals surface area contributed by atoms with E-state index in [0.29, 0.717) is 0 Å². The van der Waals surface area contributed by atoms with E-state index in [1.807, 2.05) is 0 Å². The first kappa shape index (κ1) is 17.6. The maximum absolute atomic E-state index is 11.3. The van der Waals surface area contributed by atoms with Crippen molar-refractivity contribution >= 4 is 22.0 Å². The van der Waals surface area contributed by atoms with E-state index >= 15 is 0 Å². The highest BCUT2D eigenvalue weighted by molar-refractivity contribution is 7.89. The number of aliphatic carboxylic acids is 1. The minimum atomic E-state index is -3.36. The summed E-state index contributed by atoms with van der Waals surface area (Å²) >= 11 is 0. The molecule has 0 saturated heterocycles. The first-order chi connectivity index (χ1) is 8.80. The Bertz CT molecular complexity index is 397. The Morgan fingerprint density at radius 1 is 1.32 bits per heavy atom. The number of methoxy groups -OCH3 is 1. The first-order valence-corrected chi connectivity index (χ1v) is 7.13. The van der Waals surface area contributed by atoms with E-state index in [0.717, 1.165) is 0 Å². The van der Waals surface area contributed by atoms with Crippen LogP contribution in [0.5, 0.6) is 0 Å². The smallest absolute Gasteiger partial charge is 0.314 e. The van der Waals surface area contributed by atoms with Gasteiger partial charge >= 0.3 is 12.0 Å². The fraction of sp³-hybridized carbons (Fsp3) is 0.778. The van der Waals surface area contributed by atoms with Crippen LogP contribution < -0.4 is 15.4 Å². The molecule has 10 heteroatoms. The van der Waals surface area contributed by atoms with Gasteiger partial charge < -0.3 is 20.5 Å². The number of sulfonamides is 1. The van der Waals surface area contributed by atoms with Crippen LogP contribution in [-0.2, 0) is 19.6 Å². The largest absolute Gasteiger partial charge is 0.481 e. The monoisotopic (exact) mass is 297 g/mol. The Kier molecular flexibility index (Phi) is 8.03. The van der Waals surface area contributed by atoms with Crippen LogP contribution in [0.4, 0.5) is 4.79 Å². The SMILES string of the molecule is CNS(=O)(=O)CCNC(=O)NCC(CC(=O)O)OC. The molecule has 0 aliphatic heterocycles. The molecular formula is C9H19N3O6S. The van der Waals surface area contributed by atoms with Crippen LogP contribution >= 0.6 is 0 Å². The Morgan fingerprint density at radius 3 is 2.42 bits per heavy atom. The number of carboxylic acids is 1. The van der Waals surface area contributed by atoms with Crippen molar-refractivity contribution in [3.63, 3.8) is 0 Å². The minimum absolute atomic E-state index is 0.0212. The molecule has 0 fully saturated rings. The average molecular weight is 297 g/mol. The molecule has 4 N–H and O–H groups in total. The maximum atomic E-state index is 11.3. The van der Waals surface area contributed by atoms with Crippen molar-refractivity contribution in [1.29, 1.82) is 0 Å². The van der Waals surface area contributed by atoms with Crippen LogP contribution in [-0.4, -0.2) is 64.6 Å². The summed E-state index contributed by atoms with van der Waals surface area (Å²) in [7, 11) is -0.740. The van der Waals surface area contributed by atoms with Gasteiger partial charge in [0, 0.05) is 20.2 Å². The van der Waals surface area contributed by atoms with E-state index in [1.165, 1.54) is 14.2 Å². The number of hydrogen-bond acceptors (Lipinski definition) is 5. The molecule has 1 unspecified atom stereocenters. The van der Waals surface area contributed by atoms with Crippen molar-refractivity contribution in [2.75, 3.05) is 33.0 Å². The molecule has 0 radical (unpaired) electrons. The van der Waals surface area contributed by atoms with Crippen molar-refractivity contribution in [1.82, 2.24) is 15.4 Å². The Labute approximate surface area is 111 Å². The predicted molar refractivity (Wildman–Crippen MR) is 67.3 cm³/mol. The molecular weight excluding hydrogens is 278 g/mol. The summed E-state index contributed by atoms with van der Waals surface area (Å²) in [6, 6.07) is -0.584. The molecule has 0 aromatic carbocycles. The number of carbonyl (C=O) groups excluding carboxylic acids is 1. The quantitative estimate of drug-likeness (QED) is 0.402. The highest BCUT2D eigenvalue weighted by Crippen LogP contribution is 1.95. The Balaban J connectivity index is 3.89. The van der Waals surface area contributed by atoms with Crippen LogP contribution in [0, 0.1) is 0 Å². The van der Waals surface area contributed by atoms with Crippen molar-refractivity contribution in [2.24, 2.45) is 0 Å². The lowest BCUT2D eigenvalue weighted by Crippen LogP contribution is -2.42. The van der Waals surface area contributed by atoms with E-state index in [9.17, 15) is 18.0 Å². The maximum Gasteiger partial charge on any atom is 0.314 e. The normalized spacial score (nSPS) is 12.7. The highest BCUT2D eigenvalue weighted by atomic mass is 32.2. The number of nitrogens with one attached hydrogen (secondary N) is 3. The minimum Gasteiger partial charge on any atom is -0.481 e. The number of carbonyl (C=O) groups is 2. The molecule has 0 rings (SSSR count). The standard InChI is InChI=1S/C9H19N3O6S/c1-10-19(16,17)4-3-11-9(15)12-6-7(18-2)5-8(13)14/h7,10H,3-6H2,1-2H3,(H,13,14)(H2,11,12,15). The van der Waals surface area contributed by atoms with Crippen LogP contribution in [0.15, 0.2) is 0 Å². The summed E-state index contributed by atoms with van der Waals surface area (Å²) < 4.78 is 29.1. The summed E-state index contributed by atoms with van der Waals surface area (Å²) in [6.07, 6.45) is -0.866. The molecule has 0 aliphatic carbocycles. The van der Waals surface area contributed by atoms with Crippen molar-refractivity contribution in [2.45, 2.75) is 12.5 Å². The molecule has 0 aromatic heterocycles. The third kappa shape index (κ3) is 9.22. The number of hydrogen-bond donors (Lipinski definition) is 4. The Hall–Kier alpha value is -1.39. The topological polar surface area (TPSA) is 134 Å². The third-order valence-corrected chi connectivity index (χ3v) is 3.56. The van der Waals surface area contributed by atoms with Gasteiger partial charge in [-0.3, -0.25) is 4.79 Å². The number of carboxylic acid groups (broad SMARTS) is 1. The van der Waals surface area contributed by atoms with Gasteiger partial charge in [0.25, 0.3) is 0 Å². The van der Waals surface area contributed by atoms with Gasteiger partial charge in [0.1, 0.15) is 0 Å². The zero-order chi connectivity index (χ0) is 14.9. The van der Waals surface area contributed by atoms with Gasteiger partial charge in [0.05, 0.1) is 18.3 Å². The van der Waals surface area contributed by atoms with E-state index in [2.05, 4.69) is 15.4 Å². The van der Waals surface area contributed by atoms with Crippen molar-refractivity contribution in [3.05, 3.63) is 0 Å². The van der Waals surface area contributed by atoms with Gasteiger partial charge in [-0.05, 0) is 7.05 Å². The van der Waals surface area contributed by atoms with Crippen LogP contribution in [0.1, 0.15) is 6.42 Å². The number of ether oxygens (including phenoxy) is 1. The molecule has 2 amide bonds. The fourth-order valence-electron chi connectivity index (χ4n) is 1.10. The third-order valence-electron chi connectivity index (χ3n) is 2.19. The van der Waals surface area contributed by atoms with Gasteiger partial charge in [-0.25, -0.2) is 17.9 Å². The lowest BCUT2D eigenvalue weighted by molar-refractivity contribution is -0.139. The summed E-state index contributed by atoms with van der Waals surface area (Å²) in [4.78, 5) is 21.7. The summed E-state index contributed by atoms with van der Waals surface area (Å²) in [5, 5.41) is 13.3. The zero-order valence-corrected chi connectivity index (χ0v) is 11.6. The van der Waals surface area contributed by atoms with E-state index < -0.39 is 28.1 Å². The second-order valence-corrected chi connectivity index (χ2v) is 5.66. The second-order valence-electron chi connectivity index (χ2n) is 3.62. The fourth-order valence-corrected chi connectivity index (χ4v) is 1.68. The van der Waals surface area contributed by atoms with Gasteiger partial charge in [0.15, 0.2) is 0 Å². The molecule has 0 spiro atoms. The van der Waals surface area contributed by atoms with Gasteiger partial charge in [-0.1, -0.05) is 0 Å². The van der Waals surface area contributed by atoms with Crippen LogP contribution in [0.25, 0.3) is 0 Å². The highest BCUT2D eigenvalue weighted by Gasteiger charge is 2.13. The molecule has 0 aromatic rings. The van der Waals surface area contributed by atoms with E-state index in [1.54, 1.807) is 0 Å². The van der Waals surface area contributed by atoms with E-state index in [4.69, 9.17) is 9.84 Å². The molecule has 0 heterocycles. The van der Waals surface area contributed by atoms with Crippen LogP contribution in [0.3, 0.4) is 0 Å². The molecule has 112 valence electrons. The number of amides is 2. The predicted octanol–water partition coefficient (Wildman–Crippen LogP) is -1.68. The van der Waals surface area contributed by atoms with Crippen molar-refractivity contribution < 1.29 is 27.9 Å².